The standard InChI is InChI=1S/C15H19ClN2O2/c1-2-11(12-5-3-6-13(16)9-12)10-15(20)18-8-4-7-14(17)19/h3,5-6,9-10H,2,4,7-8H2,1H3,(H2,17,19)(H,18,20). The first-order valence-electron chi connectivity index (χ1n) is 6.55. The van der Waals surface area contributed by atoms with Crippen LogP contribution in [0.15, 0.2) is 30.3 Å². The van der Waals surface area contributed by atoms with Crippen molar-refractivity contribution in [3.8, 4) is 0 Å². The van der Waals surface area contributed by atoms with Crippen LogP contribution in [0.3, 0.4) is 0 Å². The predicted molar refractivity (Wildman–Crippen MR) is 81.2 cm³/mol. The molecule has 0 heterocycles. The molecule has 0 bridgehead atoms. The Morgan fingerprint density at radius 2 is 2.15 bits per heavy atom. The molecule has 0 aliphatic carbocycles. The molecule has 0 atom stereocenters. The monoisotopic (exact) mass is 294 g/mol. The summed E-state index contributed by atoms with van der Waals surface area (Å²) in [6.07, 6.45) is 3.12. The number of carbonyl (C=O) groups is 2. The first-order chi connectivity index (χ1) is 9.52. The number of halogens is 1. The molecule has 1 aromatic carbocycles. The van der Waals surface area contributed by atoms with Gasteiger partial charge >= 0.3 is 0 Å². The molecule has 0 aliphatic rings. The number of rotatable bonds is 7. The highest BCUT2D eigenvalue weighted by Gasteiger charge is 2.04. The van der Waals surface area contributed by atoms with Gasteiger partial charge in [0.15, 0.2) is 0 Å². The van der Waals surface area contributed by atoms with Crippen LogP contribution in [-0.4, -0.2) is 18.4 Å². The molecule has 0 saturated carbocycles. The Morgan fingerprint density at radius 3 is 2.75 bits per heavy atom. The molecule has 0 fully saturated rings. The predicted octanol–water partition coefficient (Wildman–Crippen LogP) is 2.52. The van der Waals surface area contributed by atoms with Crippen molar-refractivity contribution in [2.75, 3.05) is 6.54 Å². The minimum absolute atomic E-state index is 0.175. The summed E-state index contributed by atoms with van der Waals surface area (Å²) in [7, 11) is 0. The summed E-state index contributed by atoms with van der Waals surface area (Å²) in [5.41, 5.74) is 6.88. The Morgan fingerprint density at radius 1 is 1.40 bits per heavy atom. The molecule has 108 valence electrons. The Kier molecular flexibility index (Phi) is 6.81. The van der Waals surface area contributed by atoms with E-state index in [1.807, 2.05) is 25.1 Å². The summed E-state index contributed by atoms with van der Waals surface area (Å²) in [5.74, 6) is -0.533. The molecular formula is C15H19ClN2O2. The van der Waals surface area contributed by atoms with Crippen LogP contribution in [-0.2, 0) is 9.59 Å². The van der Waals surface area contributed by atoms with E-state index in [0.29, 0.717) is 18.0 Å². The minimum atomic E-state index is -0.358. The van der Waals surface area contributed by atoms with Gasteiger partial charge in [0, 0.05) is 24.1 Å². The van der Waals surface area contributed by atoms with Gasteiger partial charge in [0.05, 0.1) is 0 Å². The Hall–Kier alpha value is -1.81. The normalized spacial score (nSPS) is 11.2. The first-order valence-corrected chi connectivity index (χ1v) is 6.93. The van der Waals surface area contributed by atoms with E-state index in [1.165, 1.54) is 0 Å². The maximum atomic E-state index is 11.8. The average Bonchev–Trinajstić information content (AvgIpc) is 2.40. The number of nitrogens with one attached hydrogen (secondary N) is 1. The number of primary amides is 1. The highest BCUT2D eigenvalue weighted by molar-refractivity contribution is 6.30. The third kappa shape index (κ3) is 5.89. The van der Waals surface area contributed by atoms with Crippen molar-refractivity contribution in [1.29, 1.82) is 0 Å². The van der Waals surface area contributed by atoms with Crippen molar-refractivity contribution in [3.63, 3.8) is 0 Å². The topological polar surface area (TPSA) is 72.2 Å². The van der Waals surface area contributed by atoms with E-state index in [1.54, 1.807) is 12.1 Å². The number of carbonyl (C=O) groups excluding carboxylic acids is 2. The van der Waals surface area contributed by atoms with Gasteiger partial charge in [-0.1, -0.05) is 30.7 Å². The molecule has 1 aromatic rings. The van der Waals surface area contributed by atoms with E-state index in [2.05, 4.69) is 5.32 Å². The molecule has 2 amide bonds. The van der Waals surface area contributed by atoms with E-state index in [4.69, 9.17) is 17.3 Å². The van der Waals surface area contributed by atoms with Crippen LogP contribution in [0.4, 0.5) is 0 Å². The van der Waals surface area contributed by atoms with Gasteiger partial charge in [-0.05, 0) is 36.1 Å². The third-order valence-corrected chi connectivity index (χ3v) is 3.02. The molecule has 0 spiro atoms. The molecular weight excluding hydrogens is 276 g/mol. The summed E-state index contributed by atoms with van der Waals surface area (Å²) in [6.45, 7) is 2.41. The molecule has 20 heavy (non-hydrogen) atoms. The van der Waals surface area contributed by atoms with E-state index >= 15 is 0 Å². The lowest BCUT2D eigenvalue weighted by Crippen LogP contribution is -2.24. The molecule has 3 N–H and O–H groups in total. The fourth-order valence-corrected chi connectivity index (χ4v) is 1.95. The number of allylic oxidation sites excluding steroid dienone is 1. The lowest BCUT2D eigenvalue weighted by molar-refractivity contribution is -0.119. The van der Waals surface area contributed by atoms with Crippen molar-refractivity contribution in [2.45, 2.75) is 26.2 Å². The van der Waals surface area contributed by atoms with Crippen LogP contribution in [0.5, 0.6) is 0 Å². The quantitative estimate of drug-likeness (QED) is 0.599. The first kappa shape index (κ1) is 16.2. The second-order valence-electron chi connectivity index (χ2n) is 4.39. The Balaban J connectivity index is 2.60. The lowest BCUT2D eigenvalue weighted by atomic mass is 10.0. The average molecular weight is 295 g/mol. The highest BCUT2D eigenvalue weighted by Crippen LogP contribution is 2.21. The van der Waals surface area contributed by atoms with Crippen molar-refractivity contribution >= 4 is 29.0 Å². The maximum absolute atomic E-state index is 11.8. The smallest absolute Gasteiger partial charge is 0.244 e. The van der Waals surface area contributed by atoms with E-state index < -0.39 is 0 Å². The van der Waals surface area contributed by atoms with Crippen molar-refractivity contribution in [3.05, 3.63) is 40.9 Å². The number of amides is 2. The molecule has 0 aromatic heterocycles. The zero-order chi connectivity index (χ0) is 15.0. The van der Waals surface area contributed by atoms with Crippen molar-refractivity contribution in [1.82, 2.24) is 5.32 Å². The summed E-state index contributed by atoms with van der Waals surface area (Å²) in [6, 6.07) is 7.40. The van der Waals surface area contributed by atoms with Crippen LogP contribution in [0, 0.1) is 0 Å². The van der Waals surface area contributed by atoms with Gasteiger partial charge in [0.2, 0.25) is 11.8 Å². The van der Waals surface area contributed by atoms with Gasteiger partial charge in [0.1, 0.15) is 0 Å². The van der Waals surface area contributed by atoms with Crippen LogP contribution in [0.1, 0.15) is 31.7 Å². The molecule has 0 radical (unpaired) electrons. The van der Waals surface area contributed by atoms with Gasteiger partial charge in [-0.2, -0.15) is 0 Å². The van der Waals surface area contributed by atoms with Gasteiger partial charge < -0.3 is 11.1 Å². The van der Waals surface area contributed by atoms with Crippen LogP contribution in [0.25, 0.3) is 5.57 Å². The third-order valence-electron chi connectivity index (χ3n) is 2.78. The summed E-state index contributed by atoms with van der Waals surface area (Å²) < 4.78 is 0. The van der Waals surface area contributed by atoms with Gasteiger partial charge in [-0.25, -0.2) is 0 Å². The minimum Gasteiger partial charge on any atom is -0.370 e. The fourth-order valence-electron chi connectivity index (χ4n) is 1.76. The Bertz CT molecular complexity index is 512. The van der Waals surface area contributed by atoms with E-state index in [9.17, 15) is 9.59 Å². The molecule has 0 unspecified atom stereocenters. The van der Waals surface area contributed by atoms with E-state index in [0.717, 1.165) is 17.6 Å². The SMILES string of the molecule is CCC(=CC(=O)NCCCC(N)=O)c1cccc(Cl)c1. The van der Waals surface area contributed by atoms with Gasteiger partial charge in [0.25, 0.3) is 0 Å². The van der Waals surface area contributed by atoms with Crippen LogP contribution < -0.4 is 11.1 Å². The van der Waals surface area contributed by atoms with Crippen LogP contribution >= 0.6 is 11.6 Å². The lowest BCUT2D eigenvalue weighted by Gasteiger charge is -2.06. The zero-order valence-electron chi connectivity index (χ0n) is 11.5. The van der Waals surface area contributed by atoms with Crippen molar-refractivity contribution in [2.24, 2.45) is 5.73 Å². The number of hydrogen-bond donors (Lipinski definition) is 2. The highest BCUT2D eigenvalue weighted by atomic mass is 35.5. The number of nitrogens with two attached hydrogens (primary N) is 1. The molecule has 1 rings (SSSR count). The number of benzene rings is 1. The molecule has 5 heteroatoms. The largest absolute Gasteiger partial charge is 0.370 e. The number of hydrogen-bond acceptors (Lipinski definition) is 2. The van der Waals surface area contributed by atoms with Crippen molar-refractivity contribution < 1.29 is 9.59 Å². The van der Waals surface area contributed by atoms with Crippen LogP contribution in [0.2, 0.25) is 5.02 Å². The summed E-state index contributed by atoms with van der Waals surface area (Å²) in [5, 5.41) is 3.37. The molecule has 0 aliphatic heterocycles. The molecule has 0 saturated heterocycles. The second kappa shape index (κ2) is 8.38. The zero-order valence-corrected chi connectivity index (χ0v) is 12.2. The summed E-state index contributed by atoms with van der Waals surface area (Å²) >= 11 is 5.94. The Labute approximate surface area is 124 Å². The van der Waals surface area contributed by atoms with Gasteiger partial charge in [-0.15, -0.1) is 0 Å². The van der Waals surface area contributed by atoms with E-state index in [-0.39, 0.29) is 18.2 Å². The molecule has 4 nitrogen and oxygen atoms in total. The van der Waals surface area contributed by atoms with Gasteiger partial charge in [-0.3, -0.25) is 9.59 Å². The summed E-state index contributed by atoms with van der Waals surface area (Å²) in [4.78, 5) is 22.3. The second-order valence-corrected chi connectivity index (χ2v) is 4.83. The maximum Gasteiger partial charge on any atom is 0.244 e. The fraction of sp³-hybridized carbons (Fsp3) is 0.333.